The average Bonchev–Trinajstić information content (AvgIpc) is 2.16. The maximum absolute atomic E-state index is 8.83. The predicted octanol–water partition coefficient (Wildman–Crippen LogP) is 2.21. The van der Waals surface area contributed by atoms with Gasteiger partial charge in [0.05, 0.1) is 23.4 Å². The van der Waals surface area contributed by atoms with Crippen molar-refractivity contribution in [2.24, 2.45) is 0 Å². The lowest BCUT2D eigenvalue weighted by Crippen LogP contribution is -2.15. The topological polar surface area (TPSA) is 36.3 Å². The molecule has 0 saturated heterocycles. The molecule has 13 heavy (non-hydrogen) atoms. The Morgan fingerprint density at radius 1 is 1.54 bits per heavy atom. The molecule has 0 bridgehead atoms. The van der Waals surface area contributed by atoms with Crippen LogP contribution in [0.25, 0.3) is 0 Å². The van der Waals surface area contributed by atoms with Crippen molar-refractivity contribution in [2.45, 2.75) is 0 Å². The second kappa shape index (κ2) is 4.13. The summed E-state index contributed by atoms with van der Waals surface area (Å²) in [5, 5.41) is 10.8. The molecule has 3 nitrogen and oxygen atoms in total. The van der Waals surface area contributed by atoms with E-state index in [0.717, 1.165) is 0 Å². The Labute approximate surface area is 82.0 Å². The molecule has 0 aromatic heterocycles. The summed E-state index contributed by atoms with van der Waals surface area (Å²) in [5.74, 6) is 0. The molecule has 0 fully saturated rings. The van der Waals surface area contributed by atoms with Gasteiger partial charge in [0, 0.05) is 7.05 Å². The number of nitriles is 1. The van der Waals surface area contributed by atoms with Crippen molar-refractivity contribution in [3.63, 3.8) is 0 Å². The third-order valence-electron chi connectivity index (χ3n) is 1.72. The van der Waals surface area contributed by atoms with Crippen LogP contribution in [-0.4, -0.2) is 14.2 Å². The van der Waals surface area contributed by atoms with Crippen molar-refractivity contribution < 1.29 is 4.84 Å². The fourth-order valence-electron chi connectivity index (χ4n) is 0.984. The fraction of sp³-hybridized carbons (Fsp3) is 0.222. The number of halogens is 1. The molecule has 0 aliphatic carbocycles. The number of benzene rings is 1. The molecule has 1 aromatic rings. The van der Waals surface area contributed by atoms with E-state index >= 15 is 0 Å². The van der Waals surface area contributed by atoms with Crippen molar-refractivity contribution in [1.82, 2.24) is 0 Å². The van der Waals surface area contributed by atoms with Gasteiger partial charge in [0.1, 0.15) is 6.07 Å². The lowest BCUT2D eigenvalue weighted by Gasteiger charge is -2.17. The highest BCUT2D eigenvalue weighted by Gasteiger charge is 2.09. The summed E-state index contributed by atoms with van der Waals surface area (Å²) < 4.78 is 0. The minimum Gasteiger partial charge on any atom is -0.277 e. The molecule has 68 valence electrons. The predicted molar refractivity (Wildman–Crippen MR) is 51.6 cm³/mol. The first kappa shape index (κ1) is 9.85. The molecule has 0 saturated carbocycles. The van der Waals surface area contributed by atoms with Gasteiger partial charge in [-0.3, -0.25) is 9.90 Å². The SMILES string of the molecule is CON(C)c1cccc(Cl)c1C#N. The number of hydrogen-bond donors (Lipinski definition) is 0. The van der Waals surface area contributed by atoms with Gasteiger partial charge in [0.15, 0.2) is 0 Å². The number of nitrogens with zero attached hydrogens (tertiary/aromatic N) is 2. The van der Waals surface area contributed by atoms with Crippen LogP contribution in [0.5, 0.6) is 0 Å². The van der Waals surface area contributed by atoms with Crippen molar-refractivity contribution in [3.8, 4) is 6.07 Å². The van der Waals surface area contributed by atoms with Gasteiger partial charge >= 0.3 is 0 Å². The van der Waals surface area contributed by atoms with Crippen LogP contribution in [0.15, 0.2) is 18.2 Å². The second-order valence-electron chi connectivity index (χ2n) is 2.43. The van der Waals surface area contributed by atoms with Gasteiger partial charge < -0.3 is 0 Å². The molecular weight excluding hydrogens is 188 g/mol. The third-order valence-corrected chi connectivity index (χ3v) is 2.03. The Hall–Kier alpha value is -1.24. The van der Waals surface area contributed by atoms with Crippen LogP contribution in [0, 0.1) is 11.3 Å². The van der Waals surface area contributed by atoms with E-state index in [2.05, 4.69) is 0 Å². The van der Waals surface area contributed by atoms with Crippen LogP contribution in [0.2, 0.25) is 5.02 Å². The first-order chi connectivity index (χ1) is 6.20. The van der Waals surface area contributed by atoms with Crippen molar-refractivity contribution in [1.29, 1.82) is 5.26 Å². The van der Waals surface area contributed by atoms with Crippen LogP contribution in [-0.2, 0) is 4.84 Å². The Morgan fingerprint density at radius 2 is 2.23 bits per heavy atom. The molecule has 0 aliphatic heterocycles. The molecular formula is C9H9ClN2O. The summed E-state index contributed by atoms with van der Waals surface area (Å²) in [7, 11) is 3.24. The Kier molecular flexibility index (Phi) is 3.13. The highest BCUT2D eigenvalue weighted by Crippen LogP contribution is 2.25. The van der Waals surface area contributed by atoms with E-state index in [1.807, 2.05) is 6.07 Å². The van der Waals surface area contributed by atoms with E-state index < -0.39 is 0 Å². The summed E-state index contributed by atoms with van der Waals surface area (Å²) in [5.41, 5.74) is 1.09. The van der Waals surface area contributed by atoms with Crippen molar-refractivity contribution >= 4 is 17.3 Å². The number of hydroxylamine groups is 1. The second-order valence-corrected chi connectivity index (χ2v) is 2.83. The Morgan fingerprint density at radius 3 is 2.77 bits per heavy atom. The van der Waals surface area contributed by atoms with Gasteiger partial charge in [-0.25, -0.2) is 0 Å². The monoisotopic (exact) mass is 196 g/mol. The van der Waals surface area contributed by atoms with E-state index in [0.29, 0.717) is 16.3 Å². The smallest absolute Gasteiger partial charge is 0.103 e. The molecule has 0 atom stereocenters. The molecule has 1 rings (SSSR count). The molecule has 0 unspecified atom stereocenters. The highest BCUT2D eigenvalue weighted by atomic mass is 35.5. The first-order valence-electron chi connectivity index (χ1n) is 3.67. The molecule has 0 radical (unpaired) electrons. The fourth-order valence-corrected chi connectivity index (χ4v) is 1.20. The van der Waals surface area contributed by atoms with E-state index in [4.69, 9.17) is 21.7 Å². The van der Waals surface area contributed by atoms with Gasteiger partial charge in [-0.2, -0.15) is 5.26 Å². The Balaban J connectivity index is 3.22. The van der Waals surface area contributed by atoms with Crippen LogP contribution in [0.4, 0.5) is 5.69 Å². The maximum atomic E-state index is 8.83. The zero-order valence-corrected chi connectivity index (χ0v) is 8.17. The highest BCUT2D eigenvalue weighted by molar-refractivity contribution is 6.32. The molecule has 4 heteroatoms. The Bertz CT molecular complexity index is 346. The lowest BCUT2D eigenvalue weighted by molar-refractivity contribution is 0.184. The minimum absolute atomic E-state index is 0.425. The lowest BCUT2D eigenvalue weighted by atomic mass is 10.2. The number of anilines is 1. The third kappa shape index (κ3) is 1.92. The zero-order chi connectivity index (χ0) is 9.84. The van der Waals surface area contributed by atoms with E-state index in [9.17, 15) is 0 Å². The van der Waals surface area contributed by atoms with Gasteiger partial charge in [-0.15, -0.1) is 0 Å². The van der Waals surface area contributed by atoms with Crippen molar-refractivity contribution in [3.05, 3.63) is 28.8 Å². The molecule has 1 aromatic carbocycles. The van der Waals surface area contributed by atoms with Crippen LogP contribution >= 0.6 is 11.6 Å². The molecule has 0 aliphatic rings. The van der Waals surface area contributed by atoms with Crippen molar-refractivity contribution in [2.75, 3.05) is 19.2 Å². The van der Waals surface area contributed by atoms with Gasteiger partial charge in [-0.05, 0) is 12.1 Å². The number of hydrogen-bond acceptors (Lipinski definition) is 3. The minimum atomic E-state index is 0.425. The summed E-state index contributed by atoms with van der Waals surface area (Å²) in [6.45, 7) is 0. The van der Waals surface area contributed by atoms with Crippen LogP contribution in [0.3, 0.4) is 0 Å². The van der Waals surface area contributed by atoms with Crippen LogP contribution < -0.4 is 5.06 Å². The summed E-state index contributed by atoms with van der Waals surface area (Å²) >= 11 is 5.83. The first-order valence-corrected chi connectivity index (χ1v) is 4.05. The quantitative estimate of drug-likeness (QED) is 0.681. The van der Waals surface area contributed by atoms with E-state index in [-0.39, 0.29) is 0 Å². The normalized spacial score (nSPS) is 9.38. The summed E-state index contributed by atoms with van der Waals surface area (Å²) in [6.07, 6.45) is 0. The standard InChI is InChI=1S/C9H9ClN2O/c1-12(13-2)9-5-3-4-8(10)7(9)6-11/h3-5H,1-2H3. The molecule has 0 N–H and O–H groups in total. The average molecular weight is 197 g/mol. The molecule has 0 spiro atoms. The molecule has 0 heterocycles. The summed E-state index contributed by atoms with van der Waals surface area (Å²) in [6, 6.07) is 7.24. The van der Waals surface area contributed by atoms with Gasteiger partial charge in [0.2, 0.25) is 0 Å². The van der Waals surface area contributed by atoms with Gasteiger partial charge in [-0.1, -0.05) is 17.7 Å². The number of rotatable bonds is 2. The van der Waals surface area contributed by atoms with E-state index in [1.165, 1.54) is 12.2 Å². The largest absolute Gasteiger partial charge is 0.277 e. The van der Waals surface area contributed by atoms with Crippen LogP contribution in [0.1, 0.15) is 5.56 Å². The zero-order valence-electron chi connectivity index (χ0n) is 7.41. The maximum Gasteiger partial charge on any atom is 0.103 e. The molecule has 0 amide bonds. The van der Waals surface area contributed by atoms with E-state index in [1.54, 1.807) is 25.2 Å². The summed E-state index contributed by atoms with van der Waals surface area (Å²) in [4.78, 5) is 4.96. The van der Waals surface area contributed by atoms with Gasteiger partial charge in [0.25, 0.3) is 0 Å².